The molecule has 0 spiro atoms. The molecule has 0 radical (unpaired) electrons. The van der Waals surface area contributed by atoms with Gasteiger partial charge in [0.05, 0.1) is 11.4 Å². The highest BCUT2D eigenvalue weighted by Gasteiger charge is 2.12. The Morgan fingerprint density at radius 3 is 2.20 bits per heavy atom. The Morgan fingerprint density at radius 1 is 1.00 bits per heavy atom. The Kier molecular flexibility index (Phi) is 3.70. The van der Waals surface area contributed by atoms with Gasteiger partial charge in [-0.3, -0.25) is 4.79 Å². The van der Waals surface area contributed by atoms with Gasteiger partial charge in [-0.05, 0) is 32.0 Å². The van der Waals surface area contributed by atoms with Gasteiger partial charge in [0, 0.05) is 11.6 Å². The van der Waals surface area contributed by atoms with Crippen LogP contribution in [0.2, 0.25) is 0 Å². The van der Waals surface area contributed by atoms with E-state index in [0.29, 0.717) is 11.6 Å². The second kappa shape index (κ2) is 5.28. The van der Waals surface area contributed by atoms with E-state index in [0.717, 1.165) is 17.2 Å². The van der Waals surface area contributed by atoms with Crippen LogP contribution in [0.5, 0.6) is 0 Å². The summed E-state index contributed by atoms with van der Waals surface area (Å²) < 4.78 is 26.6. The van der Waals surface area contributed by atoms with Crippen LogP contribution in [0.1, 0.15) is 21.5 Å². The van der Waals surface area contributed by atoms with Crippen LogP contribution in [0.15, 0.2) is 30.3 Å². The standard InChI is InChI=1S/C15H14F2N2O/c1-8-3-9(2)5-10(4-8)15(20)19-14-7-13(18)11(16)6-12(14)17/h3-7H,18H2,1-2H3,(H,19,20). The lowest BCUT2D eigenvalue weighted by atomic mass is 10.1. The molecule has 20 heavy (non-hydrogen) atoms. The highest BCUT2D eigenvalue weighted by Crippen LogP contribution is 2.22. The average Bonchev–Trinajstić information content (AvgIpc) is 2.34. The van der Waals surface area contributed by atoms with Crippen LogP contribution in [0.3, 0.4) is 0 Å². The Balaban J connectivity index is 2.30. The maximum absolute atomic E-state index is 13.6. The zero-order chi connectivity index (χ0) is 14.9. The number of hydrogen-bond donors (Lipinski definition) is 2. The first-order chi connectivity index (χ1) is 9.36. The summed E-state index contributed by atoms with van der Waals surface area (Å²) in [5.41, 5.74) is 7.25. The summed E-state index contributed by atoms with van der Waals surface area (Å²) in [5.74, 6) is -2.19. The molecule has 0 aromatic heterocycles. The number of nitrogens with one attached hydrogen (secondary N) is 1. The third kappa shape index (κ3) is 2.93. The zero-order valence-electron chi connectivity index (χ0n) is 11.1. The zero-order valence-corrected chi connectivity index (χ0v) is 11.1. The van der Waals surface area contributed by atoms with Gasteiger partial charge < -0.3 is 11.1 Å². The summed E-state index contributed by atoms with van der Waals surface area (Å²) >= 11 is 0. The van der Waals surface area contributed by atoms with Gasteiger partial charge in [-0.1, -0.05) is 17.2 Å². The highest BCUT2D eigenvalue weighted by atomic mass is 19.1. The molecule has 0 atom stereocenters. The van der Waals surface area contributed by atoms with Gasteiger partial charge in [0.2, 0.25) is 0 Å². The fraction of sp³-hybridized carbons (Fsp3) is 0.133. The fourth-order valence-electron chi connectivity index (χ4n) is 1.96. The minimum absolute atomic E-state index is 0.145. The molecule has 0 aliphatic rings. The van der Waals surface area contributed by atoms with Gasteiger partial charge in [0.25, 0.3) is 5.91 Å². The number of rotatable bonds is 2. The van der Waals surface area contributed by atoms with Crippen LogP contribution in [0.4, 0.5) is 20.2 Å². The van der Waals surface area contributed by atoms with E-state index in [1.54, 1.807) is 12.1 Å². The van der Waals surface area contributed by atoms with E-state index in [9.17, 15) is 13.6 Å². The molecule has 0 unspecified atom stereocenters. The molecule has 0 bridgehead atoms. The summed E-state index contributed by atoms with van der Waals surface area (Å²) in [6.07, 6.45) is 0. The van der Waals surface area contributed by atoms with E-state index in [2.05, 4.69) is 5.32 Å². The van der Waals surface area contributed by atoms with Crippen molar-refractivity contribution in [1.82, 2.24) is 0 Å². The van der Waals surface area contributed by atoms with Gasteiger partial charge in [0.1, 0.15) is 11.6 Å². The second-order valence-electron chi connectivity index (χ2n) is 4.68. The van der Waals surface area contributed by atoms with E-state index >= 15 is 0 Å². The first kappa shape index (κ1) is 14.0. The van der Waals surface area contributed by atoms with E-state index in [1.165, 1.54) is 0 Å². The van der Waals surface area contributed by atoms with E-state index in [4.69, 9.17) is 5.73 Å². The van der Waals surface area contributed by atoms with Crippen molar-refractivity contribution in [3.8, 4) is 0 Å². The fourth-order valence-corrected chi connectivity index (χ4v) is 1.96. The van der Waals surface area contributed by atoms with Gasteiger partial charge in [0.15, 0.2) is 0 Å². The summed E-state index contributed by atoms with van der Waals surface area (Å²) in [4.78, 5) is 12.1. The number of anilines is 2. The molecule has 0 aliphatic carbocycles. The maximum atomic E-state index is 13.6. The summed E-state index contributed by atoms with van der Waals surface area (Å²) in [6, 6.07) is 7.01. The maximum Gasteiger partial charge on any atom is 0.255 e. The van der Waals surface area contributed by atoms with Crippen molar-refractivity contribution in [2.75, 3.05) is 11.1 Å². The molecule has 2 aromatic carbocycles. The van der Waals surface area contributed by atoms with Crippen molar-refractivity contribution >= 4 is 17.3 Å². The van der Waals surface area contributed by atoms with Gasteiger partial charge >= 0.3 is 0 Å². The van der Waals surface area contributed by atoms with Crippen molar-refractivity contribution < 1.29 is 13.6 Å². The summed E-state index contributed by atoms with van der Waals surface area (Å²) in [5, 5.41) is 2.39. The molecule has 2 rings (SSSR count). The van der Waals surface area contributed by atoms with E-state index < -0.39 is 17.5 Å². The first-order valence-corrected chi connectivity index (χ1v) is 6.01. The van der Waals surface area contributed by atoms with Crippen molar-refractivity contribution in [1.29, 1.82) is 0 Å². The average molecular weight is 276 g/mol. The van der Waals surface area contributed by atoms with Gasteiger partial charge in [-0.15, -0.1) is 0 Å². The van der Waals surface area contributed by atoms with Crippen LogP contribution in [-0.2, 0) is 0 Å². The smallest absolute Gasteiger partial charge is 0.255 e. The number of carbonyl (C=O) groups excluding carboxylic acids is 1. The number of aryl methyl sites for hydroxylation is 2. The molecule has 0 saturated heterocycles. The molecule has 0 aliphatic heterocycles. The number of halogens is 2. The molecule has 0 fully saturated rings. The minimum Gasteiger partial charge on any atom is -0.396 e. The molecular weight excluding hydrogens is 262 g/mol. The van der Waals surface area contributed by atoms with E-state index in [-0.39, 0.29) is 11.4 Å². The van der Waals surface area contributed by atoms with Crippen LogP contribution in [0, 0.1) is 25.5 Å². The number of amides is 1. The Labute approximate surface area is 115 Å². The lowest BCUT2D eigenvalue weighted by Gasteiger charge is -2.09. The Morgan fingerprint density at radius 2 is 1.60 bits per heavy atom. The monoisotopic (exact) mass is 276 g/mol. The third-order valence-electron chi connectivity index (χ3n) is 2.82. The number of carbonyl (C=O) groups is 1. The van der Waals surface area contributed by atoms with Gasteiger partial charge in [-0.2, -0.15) is 0 Å². The lowest BCUT2D eigenvalue weighted by Crippen LogP contribution is -2.14. The highest BCUT2D eigenvalue weighted by molar-refractivity contribution is 6.04. The van der Waals surface area contributed by atoms with Crippen LogP contribution in [0.25, 0.3) is 0 Å². The summed E-state index contributed by atoms with van der Waals surface area (Å²) in [7, 11) is 0. The van der Waals surface area contributed by atoms with Crippen molar-refractivity contribution in [3.05, 3.63) is 58.7 Å². The molecule has 0 heterocycles. The van der Waals surface area contributed by atoms with Crippen LogP contribution >= 0.6 is 0 Å². The molecule has 104 valence electrons. The second-order valence-corrected chi connectivity index (χ2v) is 4.68. The van der Waals surface area contributed by atoms with Crippen LogP contribution in [-0.4, -0.2) is 5.91 Å². The van der Waals surface area contributed by atoms with Crippen molar-refractivity contribution in [2.24, 2.45) is 0 Å². The predicted molar refractivity (Wildman–Crippen MR) is 74.6 cm³/mol. The molecule has 1 amide bonds. The molecule has 2 aromatic rings. The Hall–Kier alpha value is -2.43. The first-order valence-electron chi connectivity index (χ1n) is 6.01. The SMILES string of the molecule is Cc1cc(C)cc(C(=O)Nc2cc(N)c(F)cc2F)c1. The van der Waals surface area contributed by atoms with Crippen molar-refractivity contribution in [2.45, 2.75) is 13.8 Å². The number of hydrogen-bond acceptors (Lipinski definition) is 2. The quantitative estimate of drug-likeness (QED) is 0.826. The number of nitrogen functional groups attached to an aromatic ring is 1. The van der Waals surface area contributed by atoms with E-state index in [1.807, 2.05) is 19.9 Å². The molecule has 3 nitrogen and oxygen atoms in total. The van der Waals surface area contributed by atoms with Gasteiger partial charge in [-0.25, -0.2) is 8.78 Å². The van der Waals surface area contributed by atoms with Crippen LogP contribution < -0.4 is 11.1 Å². The third-order valence-corrected chi connectivity index (χ3v) is 2.82. The number of nitrogens with two attached hydrogens (primary N) is 1. The largest absolute Gasteiger partial charge is 0.396 e. The lowest BCUT2D eigenvalue weighted by molar-refractivity contribution is 0.102. The van der Waals surface area contributed by atoms with Crippen molar-refractivity contribution in [3.63, 3.8) is 0 Å². The molecule has 0 saturated carbocycles. The predicted octanol–water partition coefficient (Wildman–Crippen LogP) is 3.42. The number of benzene rings is 2. The normalized spacial score (nSPS) is 10.4. The Bertz CT molecular complexity index is 664. The molecule has 3 N–H and O–H groups in total. The minimum atomic E-state index is -0.866. The summed E-state index contributed by atoms with van der Waals surface area (Å²) in [6.45, 7) is 3.72. The topological polar surface area (TPSA) is 55.1 Å². The molecule has 5 heteroatoms. The molecular formula is C15H14F2N2O.